The Bertz CT molecular complexity index is 468. The van der Waals surface area contributed by atoms with Crippen LogP contribution in [0.15, 0.2) is 24.3 Å². The Morgan fingerprint density at radius 1 is 1.31 bits per heavy atom. The van der Waals surface area contributed by atoms with Crippen molar-refractivity contribution in [1.29, 1.82) is 0 Å². The molecule has 1 aromatic heterocycles. The van der Waals surface area contributed by atoms with Gasteiger partial charge in [0.05, 0.1) is 5.52 Å². The maximum atomic E-state index is 13.1. The van der Waals surface area contributed by atoms with Crippen molar-refractivity contribution in [1.82, 2.24) is 4.98 Å². The quantitative estimate of drug-likeness (QED) is 0.535. The lowest BCUT2D eigenvalue weighted by Crippen LogP contribution is -1.87. The minimum absolute atomic E-state index is 0.193. The fourth-order valence-corrected chi connectivity index (χ4v) is 1.67. The average molecular weight is 287 g/mol. The van der Waals surface area contributed by atoms with E-state index in [4.69, 9.17) is 0 Å². The highest BCUT2D eigenvalue weighted by Crippen LogP contribution is 2.17. The summed E-state index contributed by atoms with van der Waals surface area (Å²) < 4.78 is 14.0. The fourth-order valence-electron chi connectivity index (χ4n) is 1.23. The molecule has 1 heterocycles. The van der Waals surface area contributed by atoms with Crippen LogP contribution >= 0.6 is 22.6 Å². The molecule has 0 saturated carbocycles. The topological polar surface area (TPSA) is 12.9 Å². The van der Waals surface area contributed by atoms with Gasteiger partial charge in [0.2, 0.25) is 0 Å². The second kappa shape index (κ2) is 3.21. The highest BCUT2D eigenvalue weighted by atomic mass is 127. The van der Waals surface area contributed by atoms with Crippen LogP contribution in [0.4, 0.5) is 4.39 Å². The highest BCUT2D eigenvalue weighted by molar-refractivity contribution is 14.1. The number of benzene rings is 1. The first-order valence-corrected chi connectivity index (χ1v) is 4.97. The zero-order valence-corrected chi connectivity index (χ0v) is 9.17. The lowest BCUT2D eigenvalue weighted by Gasteiger charge is -2.00. The van der Waals surface area contributed by atoms with Gasteiger partial charge < -0.3 is 0 Å². The van der Waals surface area contributed by atoms with Crippen molar-refractivity contribution >= 4 is 33.5 Å². The molecular weight excluding hydrogens is 280 g/mol. The van der Waals surface area contributed by atoms with Crippen molar-refractivity contribution < 1.29 is 4.39 Å². The number of hydrogen-bond acceptors (Lipinski definition) is 1. The number of rotatable bonds is 0. The normalized spacial score (nSPS) is 10.7. The van der Waals surface area contributed by atoms with Crippen LogP contribution in [0.2, 0.25) is 0 Å². The molecule has 0 N–H and O–H groups in total. The molecule has 0 bridgehead atoms. The van der Waals surface area contributed by atoms with E-state index in [-0.39, 0.29) is 5.82 Å². The largest absolute Gasteiger partial charge is 0.242 e. The lowest BCUT2D eigenvalue weighted by atomic mass is 10.1. The average Bonchev–Trinajstić information content (AvgIpc) is 2.08. The molecule has 2 rings (SSSR count). The summed E-state index contributed by atoms with van der Waals surface area (Å²) in [5.74, 6) is -0.193. The second-order valence-electron chi connectivity index (χ2n) is 2.93. The number of aryl methyl sites for hydroxylation is 1. The zero-order chi connectivity index (χ0) is 9.42. The Morgan fingerprint density at radius 3 is 2.85 bits per heavy atom. The van der Waals surface area contributed by atoms with Gasteiger partial charge in [-0.3, -0.25) is 0 Å². The molecule has 3 heteroatoms. The molecule has 13 heavy (non-hydrogen) atoms. The number of fused-ring (bicyclic) bond motifs is 1. The first-order valence-electron chi connectivity index (χ1n) is 3.89. The van der Waals surface area contributed by atoms with Gasteiger partial charge in [-0.2, -0.15) is 0 Å². The highest BCUT2D eigenvalue weighted by Gasteiger charge is 2.01. The molecule has 0 atom stereocenters. The Morgan fingerprint density at radius 2 is 2.08 bits per heavy atom. The standard InChI is InChI=1S/C10H7FIN/c1-6-4-7-2-3-10(12)13-9(7)5-8(6)11/h2-5H,1H3. The van der Waals surface area contributed by atoms with Crippen LogP contribution in [0, 0.1) is 16.4 Å². The molecule has 0 aliphatic heterocycles. The molecule has 0 unspecified atom stereocenters. The Hall–Kier alpha value is -0.710. The molecule has 1 aromatic carbocycles. The van der Waals surface area contributed by atoms with Crippen molar-refractivity contribution in [2.75, 3.05) is 0 Å². The molecule has 0 saturated heterocycles. The smallest absolute Gasteiger partial charge is 0.128 e. The molecule has 0 fully saturated rings. The third-order valence-electron chi connectivity index (χ3n) is 1.94. The zero-order valence-electron chi connectivity index (χ0n) is 7.01. The molecule has 0 aliphatic rings. The van der Waals surface area contributed by atoms with Crippen molar-refractivity contribution in [3.8, 4) is 0 Å². The summed E-state index contributed by atoms with van der Waals surface area (Å²) in [5.41, 5.74) is 1.38. The summed E-state index contributed by atoms with van der Waals surface area (Å²) in [6, 6.07) is 7.16. The Kier molecular flexibility index (Phi) is 2.19. The fraction of sp³-hybridized carbons (Fsp3) is 0.100. The molecule has 0 radical (unpaired) electrons. The van der Waals surface area contributed by atoms with Crippen molar-refractivity contribution in [2.24, 2.45) is 0 Å². The molecule has 0 spiro atoms. The number of hydrogen-bond donors (Lipinski definition) is 0. The van der Waals surface area contributed by atoms with E-state index in [0.717, 1.165) is 14.6 Å². The van der Waals surface area contributed by atoms with Crippen LogP contribution in [0.3, 0.4) is 0 Å². The van der Waals surface area contributed by atoms with E-state index < -0.39 is 0 Å². The first-order chi connectivity index (χ1) is 6.16. The Balaban J connectivity index is 2.81. The maximum Gasteiger partial charge on any atom is 0.128 e. The summed E-state index contributed by atoms with van der Waals surface area (Å²) in [5, 5.41) is 0.985. The monoisotopic (exact) mass is 287 g/mol. The molecule has 66 valence electrons. The minimum atomic E-state index is -0.193. The summed E-state index contributed by atoms with van der Waals surface area (Å²) in [6.07, 6.45) is 0. The van der Waals surface area contributed by atoms with E-state index in [9.17, 15) is 4.39 Å². The van der Waals surface area contributed by atoms with E-state index in [1.807, 2.05) is 18.2 Å². The number of nitrogens with zero attached hydrogens (tertiary/aromatic N) is 1. The maximum absolute atomic E-state index is 13.1. The van der Waals surface area contributed by atoms with Gasteiger partial charge in [0, 0.05) is 11.5 Å². The SMILES string of the molecule is Cc1cc2ccc(I)nc2cc1F. The van der Waals surface area contributed by atoms with E-state index in [2.05, 4.69) is 27.6 Å². The third-order valence-corrected chi connectivity index (χ3v) is 2.54. The number of pyridine rings is 1. The molecule has 1 nitrogen and oxygen atoms in total. The van der Waals surface area contributed by atoms with E-state index in [1.54, 1.807) is 6.92 Å². The van der Waals surface area contributed by atoms with E-state index in [0.29, 0.717) is 5.56 Å². The Labute approximate surface area is 89.1 Å². The van der Waals surface area contributed by atoms with E-state index in [1.165, 1.54) is 6.07 Å². The van der Waals surface area contributed by atoms with Gasteiger partial charge >= 0.3 is 0 Å². The summed E-state index contributed by atoms with van der Waals surface area (Å²) >= 11 is 2.11. The predicted molar refractivity (Wildman–Crippen MR) is 59.2 cm³/mol. The molecule has 0 aliphatic carbocycles. The van der Waals surface area contributed by atoms with Crippen LogP contribution in [0.5, 0.6) is 0 Å². The van der Waals surface area contributed by atoms with Gasteiger partial charge in [0.25, 0.3) is 0 Å². The lowest BCUT2D eigenvalue weighted by molar-refractivity contribution is 0.620. The van der Waals surface area contributed by atoms with E-state index >= 15 is 0 Å². The van der Waals surface area contributed by atoms with Gasteiger partial charge in [-0.25, -0.2) is 9.37 Å². The van der Waals surface area contributed by atoms with Crippen molar-refractivity contribution in [2.45, 2.75) is 6.92 Å². The molecule has 0 amide bonds. The number of aromatic nitrogens is 1. The van der Waals surface area contributed by atoms with Crippen LogP contribution in [-0.2, 0) is 0 Å². The van der Waals surface area contributed by atoms with Gasteiger partial charge in [0.15, 0.2) is 0 Å². The minimum Gasteiger partial charge on any atom is -0.242 e. The molecular formula is C10H7FIN. The second-order valence-corrected chi connectivity index (χ2v) is 4.03. The van der Waals surface area contributed by atoms with Gasteiger partial charge in [-0.05, 0) is 47.2 Å². The number of halogens is 2. The summed E-state index contributed by atoms with van der Waals surface area (Å²) in [7, 11) is 0. The van der Waals surface area contributed by atoms with Crippen molar-refractivity contribution in [3.05, 3.63) is 39.3 Å². The predicted octanol–water partition coefficient (Wildman–Crippen LogP) is 3.29. The van der Waals surface area contributed by atoms with Crippen LogP contribution in [0.25, 0.3) is 10.9 Å². The van der Waals surface area contributed by atoms with Crippen LogP contribution in [0.1, 0.15) is 5.56 Å². The summed E-state index contributed by atoms with van der Waals surface area (Å²) in [4.78, 5) is 4.22. The summed E-state index contributed by atoms with van der Waals surface area (Å²) in [6.45, 7) is 1.76. The third kappa shape index (κ3) is 1.65. The van der Waals surface area contributed by atoms with Gasteiger partial charge in [-0.1, -0.05) is 6.07 Å². The van der Waals surface area contributed by atoms with Gasteiger partial charge in [-0.15, -0.1) is 0 Å². The molecule has 2 aromatic rings. The van der Waals surface area contributed by atoms with Crippen LogP contribution < -0.4 is 0 Å². The van der Waals surface area contributed by atoms with Crippen LogP contribution in [-0.4, -0.2) is 4.98 Å². The van der Waals surface area contributed by atoms with Gasteiger partial charge in [0.1, 0.15) is 9.52 Å². The van der Waals surface area contributed by atoms with Crippen molar-refractivity contribution in [3.63, 3.8) is 0 Å². The first kappa shape index (κ1) is 8.87.